The van der Waals surface area contributed by atoms with Crippen molar-refractivity contribution in [1.29, 1.82) is 0 Å². The monoisotopic (exact) mass is 268 g/mol. The van der Waals surface area contributed by atoms with Gasteiger partial charge in [-0.15, -0.1) is 0 Å². The normalized spacial score (nSPS) is 24.1. The molecule has 0 bridgehead atoms. The molecule has 2 rings (SSSR count). The number of hydrogen-bond donors (Lipinski definition) is 1. The zero-order chi connectivity index (χ0) is 13.3. The Morgan fingerprint density at radius 1 is 1.22 bits per heavy atom. The standard InChI is InChI=1S/C15H21ClO2/c1-9-8-13(18-3)14(10(2)15(9)16)11-4-6-12(17)7-5-11/h8,11-12,17H,4-7H2,1-3H3. The first-order chi connectivity index (χ1) is 8.54. The molecule has 1 aliphatic carbocycles. The highest BCUT2D eigenvalue weighted by atomic mass is 35.5. The van der Waals surface area contributed by atoms with E-state index in [1.54, 1.807) is 7.11 Å². The van der Waals surface area contributed by atoms with E-state index in [9.17, 15) is 5.11 Å². The maximum absolute atomic E-state index is 9.61. The quantitative estimate of drug-likeness (QED) is 0.879. The molecule has 0 aromatic heterocycles. The van der Waals surface area contributed by atoms with Crippen LogP contribution in [0.25, 0.3) is 0 Å². The Kier molecular flexibility index (Phi) is 4.18. The Bertz CT molecular complexity index is 435. The molecule has 0 atom stereocenters. The van der Waals surface area contributed by atoms with Crippen molar-refractivity contribution in [3.05, 3.63) is 27.8 Å². The molecule has 1 aliphatic rings. The van der Waals surface area contributed by atoms with E-state index >= 15 is 0 Å². The average Bonchev–Trinajstić information content (AvgIpc) is 2.37. The molecule has 2 nitrogen and oxygen atoms in total. The van der Waals surface area contributed by atoms with Gasteiger partial charge in [0.2, 0.25) is 0 Å². The lowest BCUT2D eigenvalue weighted by atomic mass is 9.80. The Morgan fingerprint density at radius 2 is 1.83 bits per heavy atom. The van der Waals surface area contributed by atoms with E-state index in [4.69, 9.17) is 16.3 Å². The molecule has 18 heavy (non-hydrogen) atoms. The van der Waals surface area contributed by atoms with Crippen LogP contribution in [0.5, 0.6) is 5.75 Å². The Balaban J connectivity index is 2.39. The highest BCUT2D eigenvalue weighted by Crippen LogP contribution is 2.42. The average molecular weight is 269 g/mol. The van der Waals surface area contributed by atoms with Gasteiger partial charge in [0.1, 0.15) is 5.75 Å². The van der Waals surface area contributed by atoms with Crippen molar-refractivity contribution >= 4 is 11.6 Å². The molecule has 0 heterocycles. The van der Waals surface area contributed by atoms with E-state index in [0.29, 0.717) is 5.92 Å². The summed E-state index contributed by atoms with van der Waals surface area (Å²) in [5.74, 6) is 1.40. The van der Waals surface area contributed by atoms with Crippen LogP contribution in [0, 0.1) is 13.8 Å². The van der Waals surface area contributed by atoms with Crippen molar-refractivity contribution in [3.63, 3.8) is 0 Å². The lowest BCUT2D eigenvalue weighted by molar-refractivity contribution is 0.122. The molecule has 0 radical (unpaired) electrons. The zero-order valence-electron chi connectivity index (χ0n) is 11.3. The second-order valence-corrected chi connectivity index (χ2v) is 5.63. The number of aliphatic hydroxyl groups is 1. The summed E-state index contributed by atoms with van der Waals surface area (Å²) < 4.78 is 5.52. The first-order valence-corrected chi connectivity index (χ1v) is 6.94. The van der Waals surface area contributed by atoms with Crippen LogP contribution in [-0.4, -0.2) is 18.3 Å². The fourth-order valence-corrected chi connectivity index (χ4v) is 3.13. The molecule has 1 N–H and O–H groups in total. The van der Waals surface area contributed by atoms with Gasteiger partial charge in [0, 0.05) is 10.6 Å². The third-order valence-electron chi connectivity index (χ3n) is 4.02. The van der Waals surface area contributed by atoms with E-state index in [0.717, 1.165) is 47.6 Å². The van der Waals surface area contributed by atoms with E-state index in [1.165, 1.54) is 5.56 Å². The van der Waals surface area contributed by atoms with Crippen LogP contribution in [0.1, 0.15) is 48.3 Å². The number of ether oxygens (including phenoxy) is 1. The minimum Gasteiger partial charge on any atom is -0.496 e. The van der Waals surface area contributed by atoms with E-state index in [2.05, 4.69) is 6.92 Å². The third kappa shape index (κ3) is 2.50. The number of halogens is 1. The Hall–Kier alpha value is -0.730. The van der Waals surface area contributed by atoms with Gasteiger partial charge in [-0.1, -0.05) is 11.6 Å². The maximum atomic E-state index is 9.61. The molecular weight excluding hydrogens is 248 g/mol. The van der Waals surface area contributed by atoms with Gasteiger partial charge in [0.15, 0.2) is 0 Å². The number of aryl methyl sites for hydroxylation is 1. The van der Waals surface area contributed by atoms with Crippen LogP contribution in [0.2, 0.25) is 5.02 Å². The summed E-state index contributed by atoms with van der Waals surface area (Å²) in [6.45, 7) is 4.07. The number of benzene rings is 1. The summed E-state index contributed by atoms with van der Waals surface area (Å²) in [4.78, 5) is 0. The Labute approximate surface area is 114 Å². The second kappa shape index (κ2) is 5.50. The van der Waals surface area contributed by atoms with Crippen molar-refractivity contribution in [2.24, 2.45) is 0 Å². The zero-order valence-corrected chi connectivity index (χ0v) is 12.0. The lowest BCUT2D eigenvalue weighted by Gasteiger charge is -2.29. The molecule has 1 aromatic carbocycles. The van der Waals surface area contributed by atoms with Crippen molar-refractivity contribution < 1.29 is 9.84 Å². The van der Waals surface area contributed by atoms with E-state index in [-0.39, 0.29) is 6.10 Å². The largest absolute Gasteiger partial charge is 0.496 e. The molecule has 0 amide bonds. The molecule has 0 aliphatic heterocycles. The van der Waals surface area contributed by atoms with Crippen molar-refractivity contribution in [2.75, 3.05) is 7.11 Å². The molecule has 3 heteroatoms. The van der Waals surface area contributed by atoms with Gasteiger partial charge in [-0.3, -0.25) is 0 Å². The topological polar surface area (TPSA) is 29.5 Å². The van der Waals surface area contributed by atoms with Crippen molar-refractivity contribution in [1.82, 2.24) is 0 Å². The van der Waals surface area contributed by atoms with Crippen LogP contribution in [0.15, 0.2) is 6.07 Å². The molecule has 100 valence electrons. The van der Waals surface area contributed by atoms with Gasteiger partial charge in [0.25, 0.3) is 0 Å². The van der Waals surface area contributed by atoms with Gasteiger partial charge >= 0.3 is 0 Å². The third-order valence-corrected chi connectivity index (χ3v) is 4.60. The molecule has 1 fully saturated rings. The SMILES string of the molecule is COc1cc(C)c(Cl)c(C)c1C1CCC(O)CC1. The summed E-state index contributed by atoms with van der Waals surface area (Å²) in [6.07, 6.45) is 3.64. The fourth-order valence-electron chi connectivity index (χ4n) is 2.98. The predicted octanol–water partition coefficient (Wildman–Crippen LogP) is 3.98. The highest BCUT2D eigenvalue weighted by molar-refractivity contribution is 6.32. The van der Waals surface area contributed by atoms with Crippen LogP contribution in [0.4, 0.5) is 0 Å². The number of rotatable bonds is 2. The maximum Gasteiger partial charge on any atom is 0.122 e. The highest BCUT2D eigenvalue weighted by Gasteiger charge is 2.26. The fraction of sp³-hybridized carbons (Fsp3) is 0.600. The minimum absolute atomic E-state index is 0.131. The summed E-state index contributed by atoms with van der Waals surface area (Å²) in [7, 11) is 1.71. The van der Waals surface area contributed by atoms with Gasteiger partial charge < -0.3 is 9.84 Å². The van der Waals surface area contributed by atoms with Crippen LogP contribution < -0.4 is 4.74 Å². The lowest BCUT2D eigenvalue weighted by Crippen LogP contribution is -2.18. The molecule has 0 unspecified atom stereocenters. The summed E-state index contributed by atoms with van der Waals surface area (Å²) in [6, 6.07) is 2.02. The van der Waals surface area contributed by atoms with Gasteiger partial charge in [-0.2, -0.15) is 0 Å². The molecule has 1 saturated carbocycles. The summed E-state index contributed by atoms with van der Waals surface area (Å²) >= 11 is 6.35. The summed E-state index contributed by atoms with van der Waals surface area (Å²) in [5.41, 5.74) is 3.43. The smallest absolute Gasteiger partial charge is 0.122 e. The Morgan fingerprint density at radius 3 is 2.39 bits per heavy atom. The minimum atomic E-state index is -0.131. The number of hydrogen-bond acceptors (Lipinski definition) is 2. The number of aliphatic hydroxyl groups excluding tert-OH is 1. The number of methoxy groups -OCH3 is 1. The van der Waals surface area contributed by atoms with Crippen molar-refractivity contribution in [2.45, 2.75) is 51.6 Å². The van der Waals surface area contributed by atoms with Crippen molar-refractivity contribution in [3.8, 4) is 5.75 Å². The van der Waals surface area contributed by atoms with Gasteiger partial charge in [-0.05, 0) is 62.6 Å². The molecule has 1 aromatic rings. The van der Waals surface area contributed by atoms with Gasteiger partial charge in [0.05, 0.1) is 13.2 Å². The molecule has 0 spiro atoms. The van der Waals surface area contributed by atoms with Crippen LogP contribution >= 0.6 is 11.6 Å². The van der Waals surface area contributed by atoms with Gasteiger partial charge in [-0.25, -0.2) is 0 Å². The molecule has 0 saturated heterocycles. The van der Waals surface area contributed by atoms with E-state index < -0.39 is 0 Å². The first-order valence-electron chi connectivity index (χ1n) is 6.56. The molecular formula is C15H21ClO2. The predicted molar refractivity (Wildman–Crippen MR) is 74.7 cm³/mol. The van der Waals surface area contributed by atoms with Crippen LogP contribution in [0.3, 0.4) is 0 Å². The second-order valence-electron chi connectivity index (χ2n) is 5.25. The first kappa shape index (κ1) is 13.7. The van der Waals surface area contributed by atoms with E-state index in [1.807, 2.05) is 13.0 Å². The summed E-state index contributed by atoms with van der Waals surface area (Å²) in [5, 5.41) is 10.5. The van der Waals surface area contributed by atoms with Crippen LogP contribution in [-0.2, 0) is 0 Å².